The minimum Gasteiger partial charge on any atom is -0.493 e. The molecule has 2 N–H and O–H groups in total. The van der Waals surface area contributed by atoms with E-state index in [2.05, 4.69) is 19.9 Å². The third kappa shape index (κ3) is 5.43. The summed E-state index contributed by atoms with van der Waals surface area (Å²) < 4.78 is 28.6. The summed E-state index contributed by atoms with van der Waals surface area (Å²) in [5.41, 5.74) is 6.56. The van der Waals surface area contributed by atoms with Gasteiger partial charge in [-0.25, -0.2) is 0 Å². The van der Waals surface area contributed by atoms with Crippen LogP contribution in [0.5, 0.6) is 28.7 Å². The van der Waals surface area contributed by atoms with E-state index in [-0.39, 0.29) is 18.2 Å². The molecule has 0 saturated carbocycles. The fourth-order valence-electron chi connectivity index (χ4n) is 5.26. The van der Waals surface area contributed by atoms with Crippen molar-refractivity contribution in [2.24, 2.45) is 11.7 Å². The van der Waals surface area contributed by atoms with Crippen LogP contribution in [0.15, 0.2) is 36.4 Å². The second-order valence-electron chi connectivity index (χ2n) is 8.98. The Kier molecular flexibility index (Phi) is 9.11. The molecule has 35 heavy (non-hydrogen) atoms. The van der Waals surface area contributed by atoms with E-state index in [1.54, 1.807) is 21.3 Å². The molecule has 0 saturated heterocycles. The smallest absolute Gasteiger partial charge is 0.243 e. The van der Waals surface area contributed by atoms with E-state index in [1.165, 1.54) is 0 Å². The van der Waals surface area contributed by atoms with E-state index in [0.717, 1.165) is 42.7 Å². The van der Waals surface area contributed by atoms with Crippen molar-refractivity contribution in [2.45, 2.75) is 70.1 Å². The number of rotatable bonds is 13. The van der Waals surface area contributed by atoms with Gasteiger partial charge in [0.15, 0.2) is 23.0 Å². The van der Waals surface area contributed by atoms with Crippen molar-refractivity contribution in [1.29, 1.82) is 5.26 Å². The third-order valence-corrected chi connectivity index (χ3v) is 7.07. The van der Waals surface area contributed by atoms with Crippen molar-refractivity contribution in [3.8, 4) is 34.8 Å². The summed E-state index contributed by atoms with van der Waals surface area (Å²) in [4.78, 5) is 0. The minimum absolute atomic E-state index is 0.111. The standard InChI is InChI=1S/C28H38N2O5/c1-6-19(7-2)28(18-29,21-14-15-24(31-3)27(33-5)26(21)32-4)16-10-11-20(30)17-25-34-22-12-8-9-13-23(22)35-25/h8-9,12-15,19-20,25H,6-7,10-11,16-17,30H2,1-5H3. The van der Waals surface area contributed by atoms with E-state index in [1.807, 2.05) is 36.4 Å². The molecule has 2 unspecified atom stereocenters. The number of benzene rings is 2. The number of nitrogens with two attached hydrogens (primary N) is 1. The Morgan fingerprint density at radius 2 is 1.60 bits per heavy atom. The normalized spacial score (nSPS) is 15.4. The number of hydrogen-bond donors (Lipinski definition) is 1. The first-order valence-electron chi connectivity index (χ1n) is 12.4. The Labute approximate surface area is 209 Å². The quantitative estimate of drug-likeness (QED) is 0.397. The Balaban J connectivity index is 1.78. The van der Waals surface area contributed by atoms with E-state index >= 15 is 0 Å². The highest BCUT2D eigenvalue weighted by molar-refractivity contribution is 5.59. The van der Waals surface area contributed by atoms with Gasteiger partial charge in [0.25, 0.3) is 0 Å². The Bertz CT molecular complexity index is 992. The maximum atomic E-state index is 10.6. The van der Waals surface area contributed by atoms with E-state index in [4.69, 9.17) is 29.4 Å². The van der Waals surface area contributed by atoms with Crippen LogP contribution in [0.1, 0.15) is 57.9 Å². The summed E-state index contributed by atoms with van der Waals surface area (Å²) in [7, 11) is 4.78. The van der Waals surface area contributed by atoms with Crippen LogP contribution in [0.2, 0.25) is 0 Å². The number of methoxy groups -OCH3 is 3. The molecule has 0 radical (unpaired) electrons. The van der Waals surface area contributed by atoms with Crippen molar-refractivity contribution in [1.82, 2.24) is 0 Å². The molecule has 0 amide bonds. The van der Waals surface area contributed by atoms with Gasteiger partial charge in [0, 0.05) is 18.0 Å². The van der Waals surface area contributed by atoms with E-state index in [0.29, 0.717) is 30.1 Å². The van der Waals surface area contributed by atoms with Crippen molar-refractivity contribution < 1.29 is 23.7 Å². The number of hydrogen-bond acceptors (Lipinski definition) is 7. The Morgan fingerprint density at radius 1 is 0.971 bits per heavy atom. The summed E-state index contributed by atoms with van der Waals surface area (Å²) in [5, 5.41) is 10.6. The third-order valence-electron chi connectivity index (χ3n) is 7.07. The SMILES string of the molecule is CCC(CC)C(C#N)(CCCC(N)CC1Oc2ccccc2O1)c1ccc(OC)c(OC)c1OC. The van der Waals surface area contributed by atoms with Crippen molar-refractivity contribution in [2.75, 3.05) is 21.3 Å². The zero-order chi connectivity index (χ0) is 25.4. The zero-order valence-corrected chi connectivity index (χ0v) is 21.5. The number of nitrogens with zero attached hydrogens (tertiary/aromatic N) is 1. The van der Waals surface area contributed by atoms with Gasteiger partial charge in [-0.15, -0.1) is 0 Å². The maximum absolute atomic E-state index is 10.6. The minimum atomic E-state index is -0.745. The number of para-hydroxylation sites is 2. The molecule has 1 aliphatic heterocycles. The Morgan fingerprint density at radius 3 is 2.11 bits per heavy atom. The zero-order valence-electron chi connectivity index (χ0n) is 21.5. The number of ether oxygens (including phenoxy) is 5. The molecular formula is C28H38N2O5. The summed E-state index contributed by atoms with van der Waals surface area (Å²) >= 11 is 0. The van der Waals surface area contributed by atoms with Crippen LogP contribution in [0.3, 0.4) is 0 Å². The van der Waals surface area contributed by atoms with Gasteiger partial charge in [-0.3, -0.25) is 0 Å². The van der Waals surface area contributed by atoms with Crippen LogP contribution < -0.4 is 29.4 Å². The first-order valence-corrected chi connectivity index (χ1v) is 12.4. The molecule has 3 rings (SSSR count). The summed E-state index contributed by atoms with van der Waals surface area (Å²) in [6, 6.07) is 14.0. The molecule has 0 fully saturated rings. The predicted octanol–water partition coefficient (Wildman–Crippen LogP) is 5.60. The second kappa shape index (κ2) is 12.0. The lowest BCUT2D eigenvalue weighted by atomic mass is 9.65. The van der Waals surface area contributed by atoms with Crippen LogP contribution in [-0.4, -0.2) is 33.7 Å². The molecule has 0 bridgehead atoms. The maximum Gasteiger partial charge on any atom is 0.243 e. The van der Waals surface area contributed by atoms with Crippen LogP contribution in [-0.2, 0) is 5.41 Å². The molecule has 7 heteroatoms. The van der Waals surface area contributed by atoms with Gasteiger partial charge < -0.3 is 29.4 Å². The van der Waals surface area contributed by atoms with Crippen molar-refractivity contribution in [3.05, 3.63) is 42.0 Å². The van der Waals surface area contributed by atoms with E-state index < -0.39 is 5.41 Å². The summed E-state index contributed by atoms with van der Waals surface area (Å²) in [6.45, 7) is 4.26. The average Bonchev–Trinajstić information content (AvgIpc) is 3.29. The largest absolute Gasteiger partial charge is 0.493 e. The second-order valence-corrected chi connectivity index (χ2v) is 8.98. The van der Waals surface area contributed by atoms with Gasteiger partial charge in [-0.1, -0.05) is 38.8 Å². The summed E-state index contributed by atoms with van der Waals surface area (Å²) in [5.74, 6) is 3.28. The van der Waals surface area contributed by atoms with Gasteiger partial charge in [0.1, 0.15) is 0 Å². The molecule has 0 spiro atoms. The highest BCUT2D eigenvalue weighted by atomic mass is 16.7. The van der Waals surface area contributed by atoms with Crippen LogP contribution in [0.25, 0.3) is 0 Å². The number of fused-ring (bicyclic) bond motifs is 1. The van der Waals surface area contributed by atoms with Gasteiger partial charge in [0.2, 0.25) is 12.0 Å². The lowest BCUT2D eigenvalue weighted by molar-refractivity contribution is 0.0349. The van der Waals surface area contributed by atoms with E-state index in [9.17, 15) is 5.26 Å². The molecule has 1 aliphatic rings. The fourth-order valence-corrected chi connectivity index (χ4v) is 5.26. The average molecular weight is 483 g/mol. The van der Waals surface area contributed by atoms with Crippen LogP contribution >= 0.6 is 0 Å². The highest BCUT2D eigenvalue weighted by Crippen LogP contribution is 2.50. The van der Waals surface area contributed by atoms with Crippen molar-refractivity contribution >= 4 is 0 Å². The molecule has 1 heterocycles. The topological polar surface area (TPSA) is 96.0 Å². The molecule has 2 atom stereocenters. The lowest BCUT2D eigenvalue weighted by Gasteiger charge is -2.36. The molecule has 0 aliphatic carbocycles. The summed E-state index contributed by atoms with van der Waals surface area (Å²) in [6.07, 6.45) is 4.13. The molecule has 0 aromatic heterocycles. The molecule has 190 valence electrons. The molecule has 2 aromatic carbocycles. The predicted molar refractivity (Wildman–Crippen MR) is 135 cm³/mol. The highest BCUT2D eigenvalue weighted by Gasteiger charge is 2.42. The monoisotopic (exact) mass is 482 g/mol. The van der Waals surface area contributed by atoms with Crippen molar-refractivity contribution in [3.63, 3.8) is 0 Å². The van der Waals surface area contributed by atoms with Gasteiger partial charge >= 0.3 is 0 Å². The fraction of sp³-hybridized carbons (Fsp3) is 0.536. The first-order chi connectivity index (χ1) is 17.0. The van der Waals surface area contributed by atoms with Crippen LogP contribution in [0, 0.1) is 17.2 Å². The molecule has 2 aromatic rings. The van der Waals surface area contributed by atoms with Gasteiger partial charge in [-0.2, -0.15) is 5.26 Å². The van der Waals surface area contributed by atoms with Crippen LogP contribution in [0.4, 0.5) is 0 Å². The molecular weight excluding hydrogens is 444 g/mol. The lowest BCUT2D eigenvalue weighted by Crippen LogP contribution is -2.35. The number of nitriles is 1. The van der Waals surface area contributed by atoms with Gasteiger partial charge in [0.05, 0.1) is 32.8 Å². The van der Waals surface area contributed by atoms with Gasteiger partial charge in [-0.05, 0) is 49.4 Å². The Hall–Kier alpha value is -3.11. The first kappa shape index (κ1) is 26.5. The molecule has 7 nitrogen and oxygen atoms in total.